The molecule has 0 radical (unpaired) electrons. The number of H-pyrrole nitrogens is 1. The molecule has 1 N–H and O–H groups in total. The minimum absolute atomic E-state index is 0.677. The first-order valence-corrected chi connectivity index (χ1v) is 8.63. The van der Waals surface area contributed by atoms with E-state index >= 15 is 0 Å². The predicted molar refractivity (Wildman–Crippen MR) is 96.8 cm³/mol. The van der Waals surface area contributed by atoms with E-state index in [0.717, 1.165) is 66.6 Å². The third-order valence-electron chi connectivity index (χ3n) is 4.51. The molecule has 1 aliphatic rings. The van der Waals surface area contributed by atoms with Crippen LogP contribution in [0.15, 0.2) is 36.7 Å². The van der Waals surface area contributed by atoms with Gasteiger partial charge in [0.1, 0.15) is 18.2 Å². The van der Waals surface area contributed by atoms with Crippen LogP contribution in [0.3, 0.4) is 0 Å². The van der Waals surface area contributed by atoms with E-state index in [4.69, 9.17) is 9.47 Å². The molecule has 1 fully saturated rings. The Bertz CT molecular complexity index is 856. The van der Waals surface area contributed by atoms with Gasteiger partial charge in [-0.25, -0.2) is 4.98 Å². The molecule has 0 bridgehead atoms. The summed E-state index contributed by atoms with van der Waals surface area (Å²) in [5.74, 6) is 1.72. The average Bonchev–Trinajstić information content (AvgIpc) is 3.06. The number of nitrogens with one attached hydrogen (secondary N) is 1. The number of hydrogen-bond donors (Lipinski definition) is 1. The third kappa shape index (κ3) is 3.65. The van der Waals surface area contributed by atoms with E-state index in [2.05, 4.69) is 19.9 Å². The summed E-state index contributed by atoms with van der Waals surface area (Å²) in [4.78, 5) is 14.6. The molecule has 0 amide bonds. The lowest BCUT2D eigenvalue weighted by molar-refractivity contribution is 0.0322. The Morgan fingerprint density at radius 3 is 2.96 bits per heavy atom. The van der Waals surface area contributed by atoms with Gasteiger partial charge in [0.2, 0.25) is 0 Å². The minimum atomic E-state index is 0.677. The fourth-order valence-electron chi connectivity index (χ4n) is 3.06. The summed E-state index contributed by atoms with van der Waals surface area (Å²) in [6.07, 6.45) is 3.64. The highest BCUT2D eigenvalue weighted by molar-refractivity contribution is 5.81. The van der Waals surface area contributed by atoms with Crippen molar-refractivity contribution >= 4 is 11.0 Å². The average molecular weight is 338 g/mol. The summed E-state index contributed by atoms with van der Waals surface area (Å²) in [5.41, 5.74) is 4.09. The highest BCUT2D eigenvalue weighted by atomic mass is 16.5. The molecular formula is C19H22N4O2. The van der Waals surface area contributed by atoms with Crippen molar-refractivity contribution in [3.8, 4) is 17.1 Å². The summed E-state index contributed by atoms with van der Waals surface area (Å²) >= 11 is 0. The number of aromatic amines is 1. The molecule has 1 aromatic carbocycles. The van der Waals surface area contributed by atoms with E-state index < -0.39 is 0 Å². The predicted octanol–water partition coefficient (Wildman–Crippen LogP) is 2.64. The molecule has 3 aromatic rings. The van der Waals surface area contributed by atoms with Crippen LogP contribution in [0.4, 0.5) is 0 Å². The zero-order valence-corrected chi connectivity index (χ0v) is 14.4. The zero-order chi connectivity index (χ0) is 17.1. The molecule has 4 rings (SSSR count). The number of rotatable bonds is 5. The van der Waals surface area contributed by atoms with Crippen molar-refractivity contribution in [3.05, 3.63) is 42.2 Å². The summed E-state index contributed by atoms with van der Waals surface area (Å²) in [5, 5.41) is 0. The second kappa shape index (κ2) is 7.21. The first-order chi connectivity index (χ1) is 12.3. The number of aromatic nitrogens is 3. The van der Waals surface area contributed by atoms with Crippen LogP contribution in [-0.4, -0.2) is 59.3 Å². The Kier molecular flexibility index (Phi) is 4.63. The molecule has 0 aliphatic carbocycles. The van der Waals surface area contributed by atoms with E-state index in [9.17, 15) is 0 Å². The lowest BCUT2D eigenvalue weighted by Crippen LogP contribution is -2.38. The Balaban J connectivity index is 1.46. The molecule has 130 valence electrons. The van der Waals surface area contributed by atoms with Gasteiger partial charge < -0.3 is 14.5 Å². The third-order valence-corrected chi connectivity index (χ3v) is 4.51. The quantitative estimate of drug-likeness (QED) is 0.775. The van der Waals surface area contributed by atoms with E-state index in [1.807, 2.05) is 37.4 Å². The molecule has 3 heterocycles. The smallest absolute Gasteiger partial charge is 0.138 e. The number of aryl methyl sites for hydroxylation is 1. The topological polar surface area (TPSA) is 63.3 Å². The van der Waals surface area contributed by atoms with Crippen molar-refractivity contribution in [2.75, 3.05) is 39.5 Å². The van der Waals surface area contributed by atoms with E-state index in [1.54, 1.807) is 6.20 Å². The van der Waals surface area contributed by atoms with Crippen molar-refractivity contribution in [2.24, 2.45) is 0 Å². The second-order valence-corrected chi connectivity index (χ2v) is 6.26. The number of hydrogen-bond acceptors (Lipinski definition) is 5. The first-order valence-electron chi connectivity index (χ1n) is 8.63. The largest absolute Gasteiger partial charge is 0.492 e. The number of imidazole rings is 1. The maximum Gasteiger partial charge on any atom is 0.138 e. The number of morpholine rings is 1. The molecule has 2 aromatic heterocycles. The van der Waals surface area contributed by atoms with Gasteiger partial charge in [0.15, 0.2) is 0 Å². The monoisotopic (exact) mass is 338 g/mol. The van der Waals surface area contributed by atoms with Gasteiger partial charge in [0.25, 0.3) is 0 Å². The number of pyridine rings is 1. The normalized spacial score (nSPS) is 15.6. The molecule has 0 saturated carbocycles. The van der Waals surface area contributed by atoms with Crippen molar-refractivity contribution < 1.29 is 9.47 Å². The van der Waals surface area contributed by atoms with Crippen LogP contribution in [0.1, 0.15) is 5.56 Å². The molecule has 1 saturated heterocycles. The highest BCUT2D eigenvalue weighted by Crippen LogP contribution is 2.25. The SMILES string of the molecule is Cc1cnccc1-c1nc2ccc(OCCN3CCOCC3)cc2[nH]1. The highest BCUT2D eigenvalue weighted by Gasteiger charge is 2.11. The molecule has 6 heteroatoms. The van der Waals surface area contributed by atoms with Crippen LogP contribution in [0.25, 0.3) is 22.4 Å². The van der Waals surface area contributed by atoms with Gasteiger partial charge in [-0.15, -0.1) is 0 Å². The fraction of sp³-hybridized carbons (Fsp3) is 0.368. The molecule has 25 heavy (non-hydrogen) atoms. The van der Waals surface area contributed by atoms with Gasteiger partial charge in [-0.3, -0.25) is 9.88 Å². The van der Waals surface area contributed by atoms with Crippen LogP contribution in [0, 0.1) is 6.92 Å². The molecule has 6 nitrogen and oxygen atoms in total. The number of benzene rings is 1. The number of nitrogens with zero attached hydrogens (tertiary/aromatic N) is 3. The number of ether oxygens (including phenoxy) is 2. The van der Waals surface area contributed by atoms with E-state index in [-0.39, 0.29) is 0 Å². The van der Waals surface area contributed by atoms with Crippen LogP contribution in [0.5, 0.6) is 5.75 Å². The summed E-state index contributed by atoms with van der Waals surface area (Å²) < 4.78 is 11.3. The Labute approximate surface area is 146 Å². The Morgan fingerprint density at radius 2 is 2.12 bits per heavy atom. The molecule has 0 spiro atoms. The zero-order valence-electron chi connectivity index (χ0n) is 14.4. The van der Waals surface area contributed by atoms with Crippen LogP contribution < -0.4 is 4.74 Å². The summed E-state index contributed by atoms with van der Waals surface area (Å²) in [6.45, 7) is 7.24. The maximum atomic E-state index is 5.92. The van der Waals surface area contributed by atoms with Crippen molar-refractivity contribution in [3.63, 3.8) is 0 Å². The van der Waals surface area contributed by atoms with Crippen LogP contribution in [-0.2, 0) is 4.74 Å². The molecule has 1 aliphatic heterocycles. The second-order valence-electron chi connectivity index (χ2n) is 6.26. The summed E-state index contributed by atoms with van der Waals surface area (Å²) in [6, 6.07) is 7.97. The van der Waals surface area contributed by atoms with Gasteiger partial charge in [-0.05, 0) is 30.7 Å². The van der Waals surface area contributed by atoms with Gasteiger partial charge in [0, 0.05) is 43.7 Å². The summed E-state index contributed by atoms with van der Waals surface area (Å²) in [7, 11) is 0. The van der Waals surface area contributed by atoms with Crippen molar-refractivity contribution in [2.45, 2.75) is 6.92 Å². The molecule has 0 atom stereocenters. The lowest BCUT2D eigenvalue weighted by Gasteiger charge is -2.26. The van der Waals surface area contributed by atoms with E-state index in [0.29, 0.717) is 6.61 Å². The first kappa shape index (κ1) is 16.1. The fourth-order valence-corrected chi connectivity index (χ4v) is 3.06. The number of fused-ring (bicyclic) bond motifs is 1. The van der Waals surface area contributed by atoms with Gasteiger partial charge in [0.05, 0.1) is 24.2 Å². The Morgan fingerprint density at radius 1 is 1.24 bits per heavy atom. The van der Waals surface area contributed by atoms with Gasteiger partial charge >= 0.3 is 0 Å². The standard InChI is InChI=1S/C19H22N4O2/c1-14-13-20-5-4-16(14)19-21-17-3-2-15(12-18(17)22-19)25-11-8-23-6-9-24-10-7-23/h2-5,12-13H,6-11H2,1H3,(H,21,22). The maximum absolute atomic E-state index is 5.92. The van der Waals surface area contributed by atoms with Crippen molar-refractivity contribution in [1.29, 1.82) is 0 Å². The van der Waals surface area contributed by atoms with Gasteiger partial charge in [-0.1, -0.05) is 0 Å². The molecule has 0 unspecified atom stereocenters. The van der Waals surface area contributed by atoms with Crippen LogP contribution >= 0.6 is 0 Å². The lowest BCUT2D eigenvalue weighted by atomic mass is 10.1. The Hall–Kier alpha value is -2.44. The van der Waals surface area contributed by atoms with Crippen molar-refractivity contribution in [1.82, 2.24) is 19.9 Å². The molecular weight excluding hydrogens is 316 g/mol. The van der Waals surface area contributed by atoms with Crippen LogP contribution in [0.2, 0.25) is 0 Å². The van der Waals surface area contributed by atoms with E-state index in [1.165, 1.54) is 0 Å². The van der Waals surface area contributed by atoms with Gasteiger partial charge in [-0.2, -0.15) is 0 Å². The minimum Gasteiger partial charge on any atom is -0.492 e.